The molecule has 0 saturated carbocycles. The van der Waals surface area contributed by atoms with Crippen LogP contribution in [-0.2, 0) is 23.3 Å². The number of hydrogen-bond acceptors (Lipinski definition) is 0. The summed E-state index contributed by atoms with van der Waals surface area (Å²) in [4.78, 5) is 0. The Morgan fingerprint density at radius 2 is 1.60 bits per heavy atom. The molecular formula is C21H28Cl2SiZr. The summed E-state index contributed by atoms with van der Waals surface area (Å²) in [6.07, 6.45) is 8.37. The summed E-state index contributed by atoms with van der Waals surface area (Å²) in [7, 11) is 0. The van der Waals surface area contributed by atoms with Gasteiger partial charge >= 0.3 is 41.9 Å². The van der Waals surface area contributed by atoms with Gasteiger partial charge in [0, 0.05) is 0 Å². The first-order valence-corrected chi connectivity index (χ1v) is 14.1. The van der Waals surface area contributed by atoms with E-state index in [1.807, 2.05) is 30.3 Å². The predicted molar refractivity (Wildman–Crippen MR) is 114 cm³/mol. The summed E-state index contributed by atoms with van der Waals surface area (Å²) < 4.78 is 0. The minimum Gasteiger partial charge on any atom is -0.168 e. The average molecular weight is 471 g/mol. The van der Waals surface area contributed by atoms with Gasteiger partial charge in [-0.1, -0.05) is 32.9 Å². The first-order chi connectivity index (χ1) is 10.8. The second-order valence-corrected chi connectivity index (χ2v) is 16.1. The summed E-state index contributed by atoms with van der Waals surface area (Å²) in [6.45, 7) is 11.3. The van der Waals surface area contributed by atoms with Crippen LogP contribution in [0.15, 0.2) is 60.2 Å². The molecule has 4 heteroatoms. The second-order valence-electron chi connectivity index (χ2n) is 6.75. The summed E-state index contributed by atoms with van der Waals surface area (Å²) >= 11 is 1.74. The molecule has 134 valence electrons. The number of halogens is 2. The monoisotopic (exact) mass is 468 g/mol. The molecule has 0 amide bonds. The van der Waals surface area contributed by atoms with Crippen LogP contribution in [0, 0.1) is 17.6 Å². The average Bonchev–Trinajstić information content (AvgIpc) is 3.07. The maximum Gasteiger partial charge on any atom is -0.0723 e. The van der Waals surface area contributed by atoms with E-state index in [0.717, 1.165) is 6.42 Å². The van der Waals surface area contributed by atoms with Crippen molar-refractivity contribution < 1.29 is 23.3 Å². The zero-order valence-corrected chi connectivity index (χ0v) is 20.8. The molecule has 3 aliphatic rings. The quantitative estimate of drug-likeness (QED) is 0.289. The molecule has 0 aromatic heterocycles. The number of rotatable bonds is 0. The number of hydrogen-bond donors (Lipinski definition) is 0. The first-order valence-electron chi connectivity index (χ1n) is 7.94. The molecule has 0 heterocycles. The molecule has 3 rings (SSSR count). The van der Waals surface area contributed by atoms with Crippen molar-refractivity contribution in [2.45, 2.75) is 40.3 Å². The van der Waals surface area contributed by atoms with Crippen LogP contribution in [0.5, 0.6) is 0 Å². The van der Waals surface area contributed by atoms with Gasteiger partial charge in [-0.3, -0.25) is 6.08 Å². The van der Waals surface area contributed by atoms with Crippen LogP contribution in [0.4, 0.5) is 0 Å². The third-order valence-electron chi connectivity index (χ3n) is 3.23. The molecule has 0 fully saturated rings. The minimum atomic E-state index is 0. The van der Waals surface area contributed by atoms with Gasteiger partial charge in [-0.15, -0.1) is 61.1 Å². The van der Waals surface area contributed by atoms with Crippen molar-refractivity contribution in [1.82, 2.24) is 0 Å². The molecule has 0 aliphatic heterocycles. The standard InChI is InChI=1S/C10H7.C9H13.C2H6Si.2ClH.Zr/c1-2-5-9-7-4-8-10(9)6-3-1;1-9(2,3)8-6-4-5-7-8;1-3-2;;;/h1-7H;4,6H,7H2,1-3H3;1-2H3;2*1H;/q2*-1;;;;+2. The Labute approximate surface area is 181 Å². The molecule has 0 unspecified atom stereocenters. The van der Waals surface area contributed by atoms with Gasteiger partial charge in [-0.25, -0.2) is 12.2 Å². The van der Waals surface area contributed by atoms with Crippen molar-refractivity contribution in [3.05, 3.63) is 72.3 Å². The molecule has 25 heavy (non-hydrogen) atoms. The molecule has 3 aliphatic carbocycles. The Hall–Kier alpha value is -0.140. The van der Waals surface area contributed by atoms with Crippen LogP contribution in [0.3, 0.4) is 0 Å². The molecule has 0 aromatic rings. The van der Waals surface area contributed by atoms with Crippen LogP contribution < -0.4 is 0 Å². The van der Waals surface area contributed by atoms with E-state index >= 15 is 0 Å². The normalized spacial score (nSPS) is 11.7. The van der Waals surface area contributed by atoms with Crippen molar-refractivity contribution in [3.63, 3.8) is 0 Å². The number of allylic oxidation sites excluding steroid dienone is 4. The van der Waals surface area contributed by atoms with E-state index in [4.69, 9.17) is 0 Å². The molecule has 0 atom stereocenters. The van der Waals surface area contributed by atoms with Gasteiger partial charge in [0.2, 0.25) is 0 Å². The molecule has 0 N–H and O–H groups in total. The van der Waals surface area contributed by atoms with Gasteiger partial charge in [0.25, 0.3) is 0 Å². The third-order valence-corrected chi connectivity index (χ3v) is 3.23. The maximum atomic E-state index is 3.16. The molecule has 0 spiro atoms. The van der Waals surface area contributed by atoms with E-state index in [1.165, 1.54) is 16.7 Å². The Morgan fingerprint density at radius 3 is 2.08 bits per heavy atom. The van der Waals surface area contributed by atoms with Gasteiger partial charge in [0.15, 0.2) is 0 Å². The zero-order chi connectivity index (χ0) is 17.3. The van der Waals surface area contributed by atoms with Crippen molar-refractivity contribution in [1.29, 1.82) is 0 Å². The Kier molecular flexibility index (Phi) is 15.1. The molecule has 0 radical (unpaired) electrons. The van der Waals surface area contributed by atoms with E-state index in [9.17, 15) is 0 Å². The van der Waals surface area contributed by atoms with Crippen molar-refractivity contribution in [2.24, 2.45) is 5.41 Å². The molecule has 0 bridgehead atoms. The SMILES string of the molecule is CC(C)(C)C1=CC=[C-]C1.C[Si](C)=[Zr+2].Cl.Cl.[c-]1ccc2cccccc1-2. The van der Waals surface area contributed by atoms with Crippen LogP contribution in [0.25, 0.3) is 11.1 Å². The zero-order valence-electron chi connectivity index (χ0n) is 15.7. The van der Waals surface area contributed by atoms with Crippen LogP contribution in [-0.4, -0.2) is 5.43 Å². The predicted octanol–water partition coefficient (Wildman–Crippen LogP) is 6.94. The first kappa shape index (κ1) is 27.1. The Balaban J connectivity index is 0. The van der Waals surface area contributed by atoms with Crippen molar-refractivity contribution in [3.8, 4) is 11.1 Å². The van der Waals surface area contributed by atoms with Gasteiger partial charge in [0.1, 0.15) is 0 Å². The second kappa shape index (κ2) is 14.0. The molecular weight excluding hydrogens is 442 g/mol. The fraction of sp³-hybridized carbons (Fsp3) is 0.333. The summed E-state index contributed by atoms with van der Waals surface area (Å²) in [6, 6.07) is 17.4. The van der Waals surface area contributed by atoms with E-state index in [2.05, 4.69) is 70.3 Å². The Morgan fingerprint density at radius 1 is 1.00 bits per heavy atom. The van der Waals surface area contributed by atoms with Gasteiger partial charge in [0.05, 0.1) is 0 Å². The summed E-state index contributed by atoms with van der Waals surface area (Å²) in [5.74, 6) is 0. The van der Waals surface area contributed by atoms with Crippen molar-refractivity contribution in [2.75, 3.05) is 0 Å². The van der Waals surface area contributed by atoms with E-state index in [1.54, 1.807) is 23.3 Å². The maximum absolute atomic E-state index is 3.16. The fourth-order valence-electron chi connectivity index (χ4n) is 1.96. The smallest absolute Gasteiger partial charge is 0.0723 e. The molecule has 0 nitrogen and oxygen atoms in total. The van der Waals surface area contributed by atoms with Crippen LogP contribution in [0.2, 0.25) is 13.1 Å². The summed E-state index contributed by atoms with van der Waals surface area (Å²) in [5, 5.41) is 0. The molecule has 0 aromatic carbocycles. The van der Waals surface area contributed by atoms with Gasteiger partial charge in [-0.2, -0.15) is 23.3 Å². The van der Waals surface area contributed by atoms with Crippen molar-refractivity contribution >= 4 is 30.2 Å². The van der Waals surface area contributed by atoms with Gasteiger partial charge < -0.3 is 0 Å². The largest absolute Gasteiger partial charge is 0.168 e. The topological polar surface area (TPSA) is 0 Å². The van der Waals surface area contributed by atoms with Gasteiger partial charge in [-0.05, 0) is 5.41 Å². The van der Waals surface area contributed by atoms with E-state index in [-0.39, 0.29) is 30.2 Å². The van der Waals surface area contributed by atoms with Crippen LogP contribution in [0.1, 0.15) is 27.2 Å². The Bertz CT molecular complexity index is 625. The third kappa shape index (κ3) is 12.0. The van der Waals surface area contributed by atoms with E-state index in [0.29, 0.717) is 5.41 Å². The molecule has 0 saturated heterocycles. The fourth-order valence-corrected chi connectivity index (χ4v) is 1.96. The summed E-state index contributed by atoms with van der Waals surface area (Å²) in [5.41, 5.74) is 4.49. The number of fused-ring (bicyclic) bond motifs is 1. The van der Waals surface area contributed by atoms with E-state index < -0.39 is 0 Å². The van der Waals surface area contributed by atoms with Crippen LogP contribution >= 0.6 is 24.8 Å². The minimum absolute atomic E-state index is 0.